The molecule has 1 saturated heterocycles. The molecule has 5 nitrogen and oxygen atoms in total. The quantitative estimate of drug-likeness (QED) is 0.350. The number of aliphatic hydroxyl groups excluding tert-OH is 1. The van der Waals surface area contributed by atoms with Crippen LogP contribution >= 0.6 is 24.8 Å². The number of aryl methyl sites for hydroxylation is 2. The van der Waals surface area contributed by atoms with Gasteiger partial charge in [0.15, 0.2) is 0 Å². The summed E-state index contributed by atoms with van der Waals surface area (Å²) in [7, 11) is 0. The summed E-state index contributed by atoms with van der Waals surface area (Å²) in [6.45, 7) is 6.80. The van der Waals surface area contributed by atoms with Crippen molar-refractivity contribution in [2.45, 2.75) is 38.7 Å². The molecule has 3 N–H and O–H groups in total. The highest BCUT2D eigenvalue weighted by atomic mass is 35.5. The van der Waals surface area contributed by atoms with Crippen LogP contribution in [0.1, 0.15) is 35.4 Å². The fraction of sp³-hybridized carbons (Fsp3) is 0.357. The Morgan fingerprint density at radius 1 is 0.914 bits per heavy atom. The minimum absolute atomic E-state index is 0. The zero-order chi connectivity index (χ0) is 23.2. The van der Waals surface area contributed by atoms with E-state index in [0.29, 0.717) is 12.5 Å². The second-order valence-electron chi connectivity index (χ2n) is 9.00. The van der Waals surface area contributed by atoms with E-state index in [9.17, 15) is 5.11 Å². The zero-order valence-electron chi connectivity index (χ0n) is 20.4. The maximum atomic E-state index is 10.5. The molecule has 0 aromatic heterocycles. The number of hydrogen-bond acceptors (Lipinski definition) is 5. The maximum Gasteiger partial charge on any atom is 0.127 e. The van der Waals surface area contributed by atoms with Crippen molar-refractivity contribution in [1.82, 2.24) is 4.90 Å². The number of rotatable bonds is 8. The van der Waals surface area contributed by atoms with E-state index in [1.165, 1.54) is 5.56 Å². The normalized spacial score (nSPS) is 14.9. The van der Waals surface area contributed by atoms with Crippen molar-refractivity contribution >= 4 is 30.5 Å². The lowest BCUT2D eigenvalue weighted by Gasteiger charge is -2.33. The van der Waals surface area contributed by atoms with Crippen molar-refractivity contribution in [1.29, 1.82) is 0 Å². The van der Waals surface area contributed by atoms with Crippen LogP contribution in [0.25, 0.3) is 0 Å². The fourth-order valence-corrected chi connectivity index (χ4v) is 4.39. The summed E-state index contributed by atoms with van der Waals surface area (Å²) in [6.07, 6.45) is 1.65. The van der Waals surface area contributed by atoms with E-state index >= 15 is 0 Å². The van der Waals surface area contributed by atoms with Crippen molar-refractivity contribution < 1.29 is 14.6 Å². The number of aliphatic hydroxyl groups is 1. The molecule has 0 saturated carbocycles. The lowest BCUT2D eigenvalue weighted by molar-refractivity contribution is 0.0592. The Kier molecular flexibility index (Phi) is 11.2. The van der Waals surface area contributed by atoms with Gasteiger partial charge in [-0.05, 0) is 98.8 Å². The number of benzene rings is 3. The number of ether oxygens (including phenoxy) is 2. The highest BCUT2D eigenvalue weighted by molar-refractivity contribution is 5.85. The summed E-state index contributed by atoms with van der Waals surface area (Å²) >= 11 is 0. The molecule has 0 amide bonds. The molecule has 3 aromatic rings. The number of piperidine rings is 1. The molecule has 1 fully saturated rings. The Morgan fingerprint density at radius 3 is 2.20 bits per heavy atom. The highest BCUT2D eigenvalue weighted by Crippen LogP contribution is 2.30. The molecule has 35 heavy (non-hydrogen) atoms. The molecule has 1 aliphatic heterocycles. The molecule has 3 aromatic carbocycles. The Morgan fingerprint density at radius 2 is 1.54 bits per heavy atom. The van der Waals surface area contributed by atoms with Crippen LogP contribution in [0, 0.1) is 13.8 Å². The van der Waals surface area contributed by atoms with Gasteiger partial charge in [0, 0.05) is 12.2 Å². The number of halogens is 2. The number of likely N-dealkylation sites (tertiary alicyclic amines) is 1. The molecule has 1 unspecified atom stereocenters. The Balaban J connectivity index is 0.00000216. The Bertz CT molecular complexity index is 1040. The van der Waals surface area contributed by atoms with Crippen LogP contribution in [0.5, 0.6) is 17.2 Å². The van der Waals surface area contributed by atoms with E-state index in [-0.39, 0.29) is 31.4 Å². The first-order valence-electron chi connectivity index (χ1n) is 11.7. The van der Waals surface area contributed by atoms with Gasteiger partial charge in [0.05, 0.1) is 0 Å². The number of anilines is 1. The van der Waals surface area contributed by atoms with Gasteiger partial charge in [0.2, 0.25) is 0 Å². The molecular weight excluding hydrogens is 483 g/mol. The predicted molar refractivity (Wildman–Crippen MR) is 148 cm³/mol. The fourth-order valence-electron chi connectivity index (χ4n) is 4.39. The van der Waals surface area contributed by atoms with Crippen molar-refractivity contribution in [2.75, 3.05) is 32.0 Å². The standard InChI is InChI=1S/C28H34N2O3.2ClH/c1-20-17-28(21(2)16-27(20)29)32-19-24(31)18-30-14-12-23(13-15-30)22-8-10-26(11-9-22)33-25-6-4-3-5-7-25;;/h3-11,16-17,23-24,31H,12-15,18-19,29H2,1-2H3;2*1H. The van der Waals surface area contributed by atoms with Gasteiger partial charge in [0.1, 0.15) is 30.0 Å². The van der Waals surface area contributed by atoms with Gasteiger partial charge in [-0.2, -0.15) is 0 Å². The molecule has 0 spiro atoms. The number of para-hydroxylation sites is 1. The van der Waals surface area contributed by atoms with E-state index in [1.807, 2.05) is 56.3 Å². The third-order valence-corrected chi connectivity index (χ3v) is 6.38. The molecule has 1 heterocycles. The second-order valence-corrected chi connectivity index (χ2v) is 9.00. The van der Waals surface area contributed by atoms with Gasteiger partial charge in [0.25, 0.3) is 0 Å². The molecule has 190 valence electrons. The second kappa shape index (κ2) is 13.6. The summed E-state index contributed by atoms with van der Waals surface area (Å²) < 4.78 is 11.8. The average Bonchev–Trinajstić information content (AvgIpc) is 2.82. The van der Waals surface area contributed by atoms with Gasteiger partial charge in [-0.15, -0.1) is 24.8 Å². The molecular formula is C28H36Cl2N2O3. The maximum absolute atomic E-state index is 10.5. The Hall–Kier alpha value is -2.44. The van der Waals surface area contributed by atoms with Crippen LogP contribution < -0.4 is 15.2 Å². The van der Waals surface area contributed by atoms with Gasteiger partial charge < -0.3 is 25.2 Å². The third kappa shape index (κ3) is 8.04. The van der Waals surface area contributed by atoms with E-state index in [1.54, 1.807) is 0 Å². The van der Waals surface area contributed by atoms with Crippen LogP contribution in [-0.2, 0) is 0 Å². The van der Waals surface area contributed by atoms with E-state index < -0.39 is 6.10 Å². The van der Waals surface area contributed by atoms with Crippen molar-refractivity contribution in [2.24, 2.45) is 0 Å². The molecule has 0 aliphatic carbocycles. The van der Waals surface area contributed by atoms with E-state index in [4.69, 9.17) is 15.2 Å². The molecule has 1 atom stereocenters. The first kappa shape index (κ1) is 28.8. The molecule has 0 bridgehead atoms. The van der Waals surface area contributed by atoms with Crippen LogP contribution in [-0.4, -0.2) is 42.4 Å². The summed E-state index contributed by atoms with van der Waals surface area (Å²) in [4.78, 5) is 2.33. The molecule has 0 radical (unpaired) electrons. The minimum atomic E-state index is -0.520. The van der Waals surface area contributed by atoms with Crippen LogP contribution in [0.3, 0.4) is 0 Å². The topological polar surface area (TPSA) is 68.0 Å². The molecule has 7 heteroatoms. The monoisotopic (exact) mass is 518 g/mol. The highest BCUT2D eigenvalue weighted by Gasteiger charge is 2.22. The van der Waals surface area contributed by atoms with E-state index in [0.717, 1.165) is 60.0 Å². The molecule has 1 aliphatic rings. The number of nitrogen functional groups attached to an aromatic ring is 1. The van der Waals surface area contributed by atoms with Crippen molar-refractivity contribution in [3.05, 3.63) is 83.4 Å². The number of hydrogen-bond donors (Lipinski definition) is 2. The zero-order valence-corrected chi connectivity index (χ0v) is 22.0. The third-order valence-electron chi connectivity index (χ3n) is 6.38. The van der Waals surface area contributed by atoms with Crippen LogP contribution in [0.15, 0.2) is 66.7 Å². The number of β-amino-alcohol motifs (C(OH)–C–C–N with tert-alkyl or cyclic N) is 1. The average molecular weight is 520 g/mol. The summed E-state index contributed by atoms with van der Waals surface area (Å²) in [5.74, 6) is 3.04. The summed E-state index contributed by atoms with van der Waals surface area (Å²) in [5.41, 5.74) is 10.0. The van der Waals surface area contributed by atoms with E-state index in [2.05, 4.69) is 29.2 Å². The van der Waals surface area contributed by atoms with Gasteiger partial charge in [-0.3, -0.25) is 0 Å². The smallest absolute Gasteiger partial charge is 0.127 e. The summed E-state index contributed by atoms with van der Waals surface area (Å²) in [5, 5.41) is 10.5. The lowest BCUT2D eigenvalue weighted by Crippen LogP contribution is -2.40. The SMILES string of the molecule is Cc1cc(OCC(O)CN2CCC(c3ccc(Oc4ccccc4)cc3)CC2)c(C)cc1N.Cl.Cl. The largest absolute Gasteiger partial charge is 0.491 e. The van der Waals surface area contributed by atoms with Gasteiger partial charge >= 0.3 is 0 Å². The van der Waals surface area contributed by atoms with Gasteiger partial charge in [-0.1, -0.05) is 30.3 Å². The van der Waals surface area contributed by atoms with Crippen molar-refractivity contribution in [3.8, 4) is 17.2 Å². The minimum Gasteiger partial charge on any atom is -0.491 e. The number of nitrogens with two attached hydrogens (primary N) is 1. The lowest BCUT2D eigenvalue weighted by atomic mass is 9.89. The molecule has 4 rings (SSSR count). The van der Waals surface area contributed by atoms with Crippen molar-refractivity contribution in [3.63, 3.8) is 0 Å². The predicted octanol–water partition coefficient (Wildman–Crippen LogP) is 6.14. The van der Waals surface area contributed by atoms with Crippen LogP contribution in [0.4, 0.5) is 5.69 Å². The van der Waals surface area contributed by atoms with Crippen LogP contribution in [0.2, 0.25) is 0 Å². The number of nitrogens with zero attached hydrogens (tertiary/aromatic N) is 1. The van der Waals surface area contributed by atoms with Gasteiger partial charge in [-0.25, -0.2) is 0 Å². The summed E-state index contributed by atoms with van der Waals surface area (Å²) in [6, 6.07) is 22.2. The first-order valence-corrected chi connectivity index (χ1v) is 11.7. The first-order chi connectivity index (χ1) is 16.0. The Labute approximate surface area is 221 Å².